The van der Waals surface area contributed by atoms with Crippen molar-refractivity contribution in [3.05, 3.63) is 53.2 Å². The molecule has 2 aliphatic rings. The third-order valence-corrected chi connectivity index (χ3v) is 4.51. The highest BCUT2D eigenvalue weighted by atomic mass is 16.5. The molecule has 0 bridgehead atoms. The molecule has 0 radical (unpaired) electrons. The second-order valence-electron chi connectivity index (χ2n) is 6.20. The minimum Gasteiger partial charge on any atom is -0.487 e. The van der Waals surface area contributed by atoms with Crippen molar-refractivity contribution in [2.24, 2.45) is 0 Å². The summed E-state index contributed by atoms with van der Waals surface area (Å²) >= 11 is 0. The zero-order valence-corrected chi connectivity index (χ0v) is 14.0. The van der Waals surface area contributed by atoms with Crippen LogP contribution in [0.5, 0.6) is 5.75 Å². The molecule has 1 fully saturated rings. The molecular weight excluding hydrogens is 318 g/mol. The fourth-order valence-corrected chi connectivity index (χ4v) is 3.08. The predicted molar refractivity (Wildman–Crippen MR) is 93.9 cm³/mol. The van der Waals surface area contributed by atoms with Gasteiger partial charge in [-0.1, -0.05) is 6.07 Å². The number of amides is 1. The van der Waals surface area contributed by atoms with Gasteiger partial charge in [0.05, 0.1) is 18.9 Å². The van der Waals surface area contributed by atoms with Gasteiger partial charge in [-0.05, 0) is 42.3 Å². The number of nitrogens with one attached hydrogen (secondary N) is 1. The van der Waals surface area contributed by atoms with Crippen LogP contribution in [0.2, 0.25) is 0 Å². The number of hydrogen-bond acceptors (Lipinski definition) is 5. The summed E-state index contributed by atoms with van der Waals surface area (Å²) in [4.78, 5) is 18.8. The second kappa shape index (κ2) is 7.11. The highest BCUT2D eigenvalue weighted by Crippen LogP contribution is 2.21. The third-order valence-electron chi connectivity index (χ3n) is 4.51. The molecule has 0 atom stereocenters. The van der Waals surface area contributed by atoms with E-state index >= 15 is 0 Å². The molecule has 1 aromatic heterocycles. The summed E-state index contributed by atoms with van der Waals surface area (Å²) in [6.07, 6.45) is 1.03. The highest BCUT2D eigenvalue weighted by Gasteiger charge is 2.18. The second-order valence-corrected chi connectivity index (χ2v) is 6.20. The lowest BCUT2D eigenvalue weighted by Crippen LogP contribution is -2.40. The molecule has 1 saturated heterocycles. The van der Waals surface area contributed by atoms with E-state index in [1.54, 1.807) is 0 Å². The molecule has 130 valence electrons. The topological polar surface area (TPSA) is 63.7 Å². The van der Waals surface area contributed by atoms with Gasteiger partial charge in [0, 0.05) is 25.2 Å². The van der Waals surface area contributed by atoms with Gasteiger partial charge in [0.15, 0.2) is 0 Å². The Labute approximate surface area is 146 Å². The van der Waals surface area contributed by atoms with Crippen molar-refractivity contribution in [1.82, 2.24) is 9.88 Å². The molecule has 0 unspecified atom stereocenters. The van der Waals surface area contributed by atoms with Crippen molar-refractivity contribution in [2.45, 2.75) is 13.0 Å². The lowest BCUT2D eigenvalue weighted by molar-refractivity contribution is 0.0303. The number of morpholine rings is 1. The van der Waals surface area contributed by atoms with E-state index in [9.17, 15) is 4.79 Å². The molecule has 2 aliphatic heterocycles. The largest absolute Gasteiger partial charge is 0.487 e. The minimum atomic E-state index is 0.0428. The number of pyridine rings is 1. The number of fused-ring (bicyclic) bond motifs is 1. The lowest BCUT2D eigenvalue weighted by Gasteiger charge is -2.26. The molecule has 0 spiro atoms. The van der Waals surface area contributed by atoms with Gasteiger partial charge in [0.2, 0.25) is 0 Å². The van der Waals surface area contributed by atoms with Crippen LogP contribution in [0.4, 0.5) is 5.82 Å². The summed E-state index contributed by atoms with van der Waals surface area (Å²) in [6, 6.07) is 11.4. The number of ether oxygens (including phenoxy) is 2. The first-order valence-electron chi connectivity index (χ1n) is 8.62. The Morgan fingerprint density at radius 3 is 2.76 bits per heavy atom. The van der Waals surface area contributed by atoms with E-state index in [0.717, 1.165) is 30.2 Å². The van der Waals surface area contributed by atoms with Crippen LogP contribution < -0.4 is 10.1 Å². The molecule has 25 heavy (non-hydrogen) atoms. The number of aromatic nitrogens is 1. The molecule has 6 nitrogen and oxygen atoms in total. The number of anilines is 1. The van der Waals surface area contributed by atoms with Gasteiger partial charge in [-0.25, -0.2) is 4.98 Å². The first-order valence-corrected chi connectivity index (χ1v) is 8.62. The Hall–Kier alpha value is -2.60. The van der Waals surface area contributed by atoms with E-state index in [1.165, 1.54) is 5.56 Å². The molecule has 6 heteroatoms. The Bertz CT molecular complexity index is 755. The molecular formula is C19H21N3O3. The van der Waals surface area contributed by atoms with Gasteiger partial charge >= 0.3 is 0 Å². The van der Waals surface area contributed by atoms with Crippen LogP contribution in [0.1, 0.15) is 21.6 Å². The van der Waals surface area contributed by atoms with Gasteiger partial charge in [-0.3, -0.25) is 4.79 Å². The van der Waals surface area contributed by atoms with Crippen LogP contribution in [-0.4, -0.2) is 48.6 Å². The van der Waals surface area contributed by atoms with Crippen molar-refractivity contribution in [3.63, 3.8) is 0 Å². The Morgan fingerprint density at radius 1 is 1.16 bits per heavy atom. The third kappa shape index (κ3) is 3.58. The minimum absolute atomic E-state index is 0.0428. The number of carbonyl (C=O) groups is 1. The Balaban J connectivity index is 1.36. The SMILES string of the molecule is O=C(c1ccc(OCc2ccc3c(n2)NCC3)cc1)N1CCOCC1. The number of hydrogen-bond donors (Lipinski definition) is 1. The van der Waals surface area contributed by atoms with Crippen LogP contribution in [0.3, 0.4) is 0 Å². The molecule has 0 aliphatic carbocycles. The zero-order chi connectivity index (χ0) is 17.1. The van der Waals surface area contributed by atoms with Crippen molar-refractivity contribution in [3.8, 4) is 5.75 Å². The fraction of sp³-hybridized carbons (Fsp3) is 0.368. The van der Waals surface area contributed by atoms with E-state index < -0.39 is 0 Å². The van der Waals surface area contributed by atoms with E-state index in [4.69, 9.17) is 9.47 Å². The number of rotatable bonds is 4. The summed E-state index contributed by atoms with van der Waals surface area (Å²) in [5, 5.41) is 3.27. The zero-order valence-electron chi connectivity index (χ0n) is 14.0. The normalized spacial score (nSPS) is 16.2. The average molecular weight is 339 g/mol. The van der Waals surface area contributed by atoms with Gasteiger partial charge in [0.25, 0.3) is 5.91 Å². The molecule has 4 rings (SSSR count). The summed E-state index contributed by atoms with van der Waals surface area (Å²) in [5.74, 6) is 1.74. The van der Waals surface area contributed by atoms with E-state index in [1.807, 2.05) is 35.2 Å². The number of carbonyl (C=O) groups excluding carboxylic acids is 1. The Kier molecular flexibility index (Phi) is 4.52. The van der Waals surface area contributed by atoms with Crippen molar-refractivity contribution >= 4 is 11.7 Å². The van der Waals surface area contributed by atoms with Crippen molar-refractivity contribution in [1.29, 1.82) is 0 Å². The van der Waals surface area contributed by atoms with Gasteiger partial charge in [-0.2, -0.15) is 0 Å². The molecule has 1 aromatic carbocycles. The van der Waals surface area contributed by atoms with Gasteiger partial charge < -0.3 is 19.7 Å². The molecule has 1 N–H and O–H groups in total. The van der Waals surface area contributed by atoms with E-state index in [2.05, 4.69) is 16.4 Å². The fourth-order valence-electron chi connectivity index (χ4n) is 3.08. The smallest absolute Gasteiger partial charge is 0.254 e. The number of benzene rings is 1. The number of nitrogens with zero attached hydrogens (tertiary/aromatic N) is 2. The van der Waals surface area contributed by atoms with Crippen LogP contribution in [-0.2, 0) is 17.8 Å². The van der Waals surface area contributed by atoms with Gasteiger partial charge in [-0.15, -0.1) is 0 Å². The quantitative estimate of drug-likeness (QED) is 0.924. The van der Waals surface area contributed by atoms with Crippen molar-refractivity contribution < 1.29 is 14.3 Å². The average Bonchev–Trinajstić information content (AvgIpc) is 3.15. The van der Waals surface area contributed by atoms with Gasteiger partial charge in [0.1, 0.15) is 18.2 Å². The maximum Gasteiger partial charge on any atom is 0.254 e. The molecule has 0 saturated carbocycles. The highest BCUT2D eigenvalue weighted by molar-refractivity contribution is 5.94. The van der Waals surface area contributed by atoms with Crippen LogP contribution in [0.15, 0.2) is 36.4 Å². The summed E-state index contributed by atoms with van der Waals surface area (Å²) in [7, 11) is 0. The van der Waals surface area contributed by atoms with Crippen LogP contribution in [0, 0.1) is 0 Å². The summed E-state index contributed by atoms with van der Waals surface area (Å²) in [5.41, 5.74) is 2.82. The molecule has 3 heterocycles. The molecule has 2 aromatic rings. The summed E-state index contributed by atoms with van der Waals surface area (Å²) in [6.45, 7) is 3.87. The van der Waals surface area contributed by atoms with E-state index in [0.29, 0.717) is 38.5 Å². The first-order chi connectivity index (χ1) is 12.3. The standard InChI is InChI=1S/C19H21N3O3/c23-19(22-9-11-24-12-10-22)15-2-5-17(6-3-15)25-13-16-4-1-14-7-8-20-18(14)21-16/h1-6H,7-13H2,(H,20,21). The van der Waals surface area contributed by atoms with Crippen molar-refractivity contribution in [2.75, 3.05) is 38.2 Å². The lowest BCUT2D eigenvalue weighted by atomic mass is 10.2. The van der Waals surface area contributed by atoms with Crippen LogP contribution >= 0.6 is 0 Å². The van der Waals surface area contributed by atoms with E-state index in [-0.39, 0.29) is 5.91 Å². The maximum absolute atomic E-state index is 12.4. The maximum atomic E-state index is 12.4. The predicted octanol–water partition coefficient (Wildman–Crippen LogP) is 2.10. The monoisotopic (exact) mass is 339 g/mol. The molecule has 1 amide bonds. The Morgan fingerprint density at radius 2 is 1.96 bits per heavy atom. The summed E-state index contributed by atoms with van der Waals surface area (Å²) < 4.78 is 11.1. The first kappa shape index (κ1) is 15.9. The van der Waals surface area contributed by atoms with Crippen LogP contribution in [0.25, 0.3) is 0 Å².